The van der Waals surface area contributed by atoms with Gasteiger partial charge in [-0.2, -0.15) is 0 Å². The fourth-order valence-electron chi connectivity index (χ4n) is 1.53. The molecular formula is C13H20N2O4S. The molecule has 112 valence electrons. The lowest BCUT2D eigenvalue weighted by molar-refractivity contribution is -0.121. The number of thiophene rings is 1. The van der Waals surface area contributed by atoms with E-state index in [2.05, 4.69) is 10.6 Å². The van der Waals surface area contributed by atoms with E-state index < -0.39 is 6.10 Å². The van der Waals surface area contributed by atoms with Crippen molar-refractivity contribution >= 4 is 23.2 Å². The van der Waals surface area contributed by atoms with E-state index in [9.17, 15) is 14.7 Å². The van der Waals surface area contributed by atoms with E-state index in [1.54, 1.807) is 12.1 Å². The highest BCUT2D eigenvalue weighted by atomic mass is 32.1. The van der Waals surface area contributed by atoms with Crippen molar-refractivity contribution in [1.82, 2.24) is 10.6 Å². The van der Waals surface area contributed by atoms with Crippen LogP contribution >= 0.6 is 11.3 Å². The Bertz CT molecular complexity index is 409. The zero-order valence-electron chi connectivity index (χ0n) is 11.4. The molecule has 0 spiro atoms. The molecule has 3 N–H and O–H groups in total. The van der Waals surface area contributed by atoms with Crippen molar-refractivity contribution in [3.63, 3.8) is 0 Å². The topological polar surface area (TPSA) is 87.7 Å². The highest BCUT2D eigenvalue weighted by molar-refractivity contribution is 7.12. The van der Waals surface area contributed by atoms with E-state index in [1.165, 1.54) is 18.4 Å². The third kappa shape index (κ3) is 6.65. The first-order chi connectivity index (χ1) is 9.63. The van der Waals surface area contributed by atoms with Crippen LogP contribution in [0.2, 0.25) is 0 Å². The molecule has 0 radical (unpaired) electrons. The average Bonchev–Trinajstić information content (AvgIpc) is 2.93. The van der Waals surface area contributed by atoms with Crippen molar-refractivity contribution in [3.8, 4) is 0 Å². The summed E-state index contributed by atoms with van der Waals surface area (Å²) >= 11 is 1.36. The molecule has 0 aliphatic carbocycles. The molecule has 0 bridgehead atoms. The van der Waals surface area contributed by atoms with Gasteiger partial charge >= 0.3 is 0 Å². The van der Waals surface area contributed by atoms with Gasteiger partial charge in [-0.05, 0) is 17.9 Å². The smallest absolute Gasteiger partial charge is 0.261 e. The lowest BCUT2D eigenvalue weighted by atomic mass is 10.2. The standard InChI is InChI=1S/C13H20N2O4S/c1-19-9-10(16)4-6-14-12(17)5-7-15-13(18)11-3-2-8-20-11/h2-3,8,10,16H,4-7,9H2,1H3,(H,14,17)(H,15,18). The van der Waals surface area contributed by atoms with Gasteiger partial charge in [0, 0.05) is 26.6 Å². The van der Waals surface area contributed by atoms with Gasteiger partial charge in [-0.25, -0.2) is 0 Å². The van der Waals surface area contributed by atoms with Crippen LogP contribution in [0.1, 0.15) is 22.5 Å². The van der Waals surface area contributed by atoms with Crippen molar-refractivity contribution in [2.45, 2.75) is 18.9 Å². The highest BCUT2D eigenvalue weighted by Gasteiger charge is 2.08. The Morgan fingerprint density at radius 2 is 2.20 bits per heavy atom. The van der Waals surface area contributed by atoms with Gasteiger partial charge in [0.2, 0.25) is 5.91 Å². The average molecular weight is 300 g/mol. The number of rotatable bonds is 9. The summed E-state index contributed by atoms with van der Waals surface area (Å²) in [5, 5.41) is 16.6. The van der Waals surface area contributed by atoms with Crippen molar-refractivity contribution in [1.29, 1.82) is 0 Å². The summed E-state index contributed by atoms with van der Waals surface area (Å²) < 4.78 is 4.78. The number of aliphatic hydroxyl groups is 1. The van der Waals surface area contributed by atoms with E-state index >= 15 is 0 Å². The molecule has 0 saturated heterocycles. The summed E-state index contributed by atoms with van der Waals surface area (Å²) in [7, 11) is 1.51. The number of hydrogen-bond donors (Lipinski definition) is 3. The van der Waals surface area contributed by atoms with Gasteiger partial charge in [-0.1, -0.05) is 6.07 Å². The molecule has 1 atom stereocenters. The number of methoxy groups -OCH3 is 1. The number of ether oxygens (including phenoxy) is 1. The van der Waals surface area contributed by atoms with Gasteiger partial charge in [-0.3, -0.25) is 9.59 Å². The lowest BCUT2D eigenvalue weighted by Crippen LogP contribution is -2.32. The fourth-order valence-corrected chi connectivity index (χ4v) is 2.17. The molecule has 2 amide bonds. The second kappa shape index (κ2) is 9.46. The summed E-state index contributed by atoms with van der Waals surface area (Å²) in [5.74, 6) is -0.315. The molecule has 0 fully saturated rings. The van der Waals surface area contributed by atoms with Gasteiger partial charge in [-0.15, -0.1) is 11.3 Å². The maximum atomic E-state index is 11.6. The van der Waals surface area contributed by atoms with Crippen molar-refractivity contribution in [2.24, 2.45) is 0 Å². The van der Waals surface area contributed by atoms with Gasteiger partial charge in [0.05, 0.1) is 17.6 Å². The Kier molecular flexibility index (Phi) is 7.86. The first-order valence-corrected chi connectivity index (χ1v) is 7.27. The van der Waals surface area contributed by atoms with Crippen LogP contribution in [-0.4, -0.2) is 49.8 Å². The first-order valence-electron chi connectivity index (χ1n) is 6.39. The zero-order chi connectivity index (χ0) is 14.8. The Morgan fingerprint density at radius 1 is 1.40 bits per heavy atom. The van der Waals surface area contributed by atoms with Crippen molar-refractivity contribution in [3.05, 3.63) is 22.4 Å². The van der Waals surface area contributed by atoms with Crippen LogP contribution < -0.4 is 10.6 Å². The summed E-state index contributed by atoms with van der Waals surface area (Å²) in [6.07, 6.45) is 0.0948. The lowest BCUT2D eigenvalue weighted by Gasteiger charge is -2.10. The van der Waals surface area contributed by atoms with Crippen LogP contribution in [0.25, 0.3) is 0 Å². The normalized spacial score (nSPS) is 11.9. The van der Waals surface area contributed by atoms with Gasteiger partial charge in [0.25, 0.3) is 5.91 Å². The quantitative estimate of drug-likeness (QED) is 0.615. The third-order valence-electron chi connectivity index (χ3n) is 2.54. The van der Waals surface area contributed by atoms with Crippen LogP contribution in [0.15, 0.2) is 17.5 Å². The fraction of sp³-hybridized carbons (Fsp3) is 0.538. The van der Waals surface area contributed by atoms with E-state index in [4.69, 9.17) is 4.74 Å². The summed E-state index contributed by atoms with van der Waals surface area (Å²) in [6.45, 7) is 0.943. The second-order valence-electron chi connectivity index (χ2n) is 4.23. The first kappa shape index (κ1) is 16.6. The molecule has 0 aliphatic rings. The summed E-state index contributed by atoms with van der Waals surface area (Å²) in [4.78, 5) is 23.7. The Labute approximate surface area is 122 Å². The van der Waals surface area contributed by atoms with Crippen LogP contribution in [0.5, 0.6) is 0 Å². The van der Waals surface area contributed by atoms with Crippen LogP contribution in [0.4, 0.5) is 0 Å². The Morgan fingerprint density at radius 3 is 2.85 bits per heavy atom. The van der Waals surface area contributed by atoms with Crippen LogP contribution in [0, 0.1) is 0 Å². The number of carbonyl (C=O) groups is 2. The highest BCUT2D eigenvalue weighted by Crippen LogP contribution is 2.07. The molecule has 0 aliphatic heterocycles. The molecule has 0 aromatic carbocycles. The van der Waals surface area contributed by atoms with Crippen LogP contribution in [0.3, 0.4) is 0 Å². The molecule has 6 nitrogen and oxygen atoms in total. The largest absolute Gasteiger partial charge is 0.391 e. The number of amides is 2. The molecule has 1 heterocycles. The predicted molar refractivity (Wildman–Crippen MR) is 76.8 cm³/mol. The van der Waals surface area contributed by atoms with E-state index in [0.717, 1.165) is 0 Å². The van der Waals surface area contributed by atoms with E-state index in [1.807, 2.05) is 5.38 Å². The molecule has 7 heteroatoms. The monoisotopic (exact) mass is 300 g/mol. The second-order valence-corrected chi connectivity index (χ2v) is 5.18. The summed E-state index contributed by atoms with van der Waals surface area (Å²) in [6, 6.07) is 3.54. The zero-order valence-corrected chi connectivity index (χ0v) is 12.2. The van der Waals surface area contributed by atoms with E-state index in [-0.39, 0.29) is 24.8 Å². The third-order valence-corrected chi connectivity index (χ3v) is 3.41. The van der Waals surface area contributed by atoms with E-state index in [0.29, 0.717) is 24.4 Å². The maximum absolute atomic E-state index is 11.6. The Balaban J connectivity index is 2.07. The molecular weight excluding hydrogens is 280 g/mol. The van der Waals surface area contributed by atoms with Crippen molar-refractivity contribution in [2.75, 3.05) is 26.8 Å². The molecule has 1 aromatic rings. The van der Waals surface area contributed by atoms with Gasteiger partial charge < -0.3 is 20.5 Å². The molecule has 0 saturated carbocycles. The predicted octanol–water partition coefficient (Wildman–Crippen LogP) is 0.382. The van der Waals surface area contributed by atoms with Crippen molar-refractivity contribution < 1.29 is 19.4 Å². The van der Waals surface area contributed by atoms with Gasteiger partial charge in [0.15, 0.2) is 0 Å². The number of carbonyl (C=O) groups excluding carboxylic acids is 2. The number of nitrogens with one attached hydrogen (secondary N) is 2. The van der Waals surface area contributed by atoms with Gasteiger partial charge in [0.1, 0.15) is 0 Å². The Hall–Kier alpha value is -1.44. The maximum Gasteiger partial charge on any atom is 0.261 e. The SMILES string of the molecule is COCC(O)CCNC(=O)CCNC(=O)c1cccs1. The number of hydrogen-bond acceptors (Lipinski definition) is 5. The minimum atomic E-state index is -0.571. The molecule has 20 heavy (non-hydrogen) atoms. The van der Waals surface area contributed by atoms with Crippen LogP contribution in [-0.2, 0) is 9.53 Å². The number of aliphatic hydroxyl groups excluding tert-OH is 1. The molecule has 1 rings (SSSR count). The molecule has 1 aromatic heterocycles. The minimum Gasteiger partial charge on any atom is -0.391 e. The molecule has 1 unspecified atom stereocenters. The summed E-state index contributed by atoms with van der Waals surface area (Å²) in [5.41, 5.74) is 0. The minimum absolute atomic E-state index is 0.152.